The number of carbonyl (C=O) groups excluding carboxylic acids is 1. The van der Waals surface area contributed by atoms with E-state index in [0.717, 1.165) is 12.0 Å². The molecule has 134 valence electrons. The van der Waals surface area contributed by atoms with Crippen molar-refractivity contribution in [3.63, 3.8) is 0 Å². The van der Waals surface area contributed by atoms with Gasteiger partial charge in [-0.1, -0.05) is 19.1 Å². The van der Waals surface area contributed by atoms with Gasteiger partial charge in [0.05, 0.1) is 4.90 Å². The molecule has 1 aromatic heterocycles. The molecule has 0 spiro atoms. The van der Waals surface area contributed by atoms with Gasteiger partial charge in [0.1, 0.15) is 0 Å². The molecule has 0 N–H and O–H groups in total. The Kier molecular flexibility index (Phi) is 5.31. The summed E-state index contributed by atoms with van der Waals surface area (Å²) in [6.07, 6.45) is 0.865. The van der Waals surface area contributed by atoms with Gasteiger partial charge in [-0.2, -0.15) is 4.31 Å². The number of carbonyl (C=O) groups is 1. The summed E-state index contributed by atoms with van der Waals surface area (Å²) in [5.41, 5.74) is 1.10. The smallest absolute Gasteiger partial charge is 0.289 e. The van der Waals surface area contributed by atoms with Crippen LogP contribution in [0.4, 0.5) is 0 Å². The topological polar surface area (TPSA) is 70.8 Å². The molecule has 0 atom stereocenters. The van der Waals surface area contributed by atoms with Gasteiger partial charge in [0, 0.05) is 26.2 Å². The maximum Gasteiger partial charge on any atom is 0.289 e. The Morgan fingerprint density at radius 1 is 1.08 bits per heavy atom. The van der Waals surface area contributed by atoms with Crippen molar-refractivity contribution in [3.8, 4) is 0 Å². The summed E-state index contributed by atoms with van der Waals surface area (Å²) in [5.74, 6) is 0.0217. The molecule has 1 fully saturated rings. The third-order valence-corrected chi connectivity index (χ3v) is 6.62. The lowest BCUT2D eigenvalue weighted by Gasteiger charge is -2.33. The minimum absolute atomic E-state index is 0.227. The highest BCUT2D eigenvalue weighted by atomic mass is 79.9. The van der Waals surface area contributed by atoms with Gasteiger partial charge < -0.3 is 9.32 Å². The van der Waals surface area contributed by atoms with E-state index in [-0.39, 0.29) is 24.8 Å². The number of hydrogen-bond donors (Lipinski definition) is 0. The van der Waals surface area contributed by atoms with E-state index in [4.69, 9.17) is 4.42 Å². The summed E-state index contributed by atoms with van der Waals surface area (Å²) in [6, 6.07) is 10.2. The van der Waals surface area contributed by atoms with Crippen LogP contribution in [-0.4, -0.2) is 49.7 Å². The number of benzene rings is 1. The zero-order valence-corrected chi connectivity index (χ0v) is 16.2. The Hall–Kier alpha value is -1.64. The summed E-state index contributed by atoms with van der Waals surface area (Å²) < 4.78 is 32.7. The number of hydrogen-bond acceptors (Lipinski definition) is 4. The number of aryl methyl sites for hydroxylation is 1. The molecule has 6 nitrogen and oxygen atoms in total. The standard InChI is InChI=1S/C17H19BrN2O4S/c1-2-13-3-5-14(6-4-13)25(22,23)20-11-9-19(10-12-20)17(21)15-7-8-16(18)24-15/h3-8H,2,9-12H2,1H3. The van der Waals surface area contributed by atoms with Crippen LogP contribution in [0.2, 0.25) is 0 Å². The quantitative estimate of drug-likeness (QED) is 0.753. The maximum absolute atomic E-state index is 12.7. The molecule has 1 aliphatic rings. The molecule has 0 bridgehead atoms. The largest absolute Gasteiger partial charge is 0.444 e. The van der Waals surface area contributed by atoms with Crippen LogP contribution in [0, 0.1) is 0 Å². The lowest BCUT2D eigenvalue weighted by molar-refractivity contribution is 0.0664. The summed E-state index contributed by atoms with van der Waals surface area (Å²) >= 11 is 3.17. The van der Waals surface area contributed by atoms with E-state index >= 15 is 0 Å². The van der Waals surface area contributed by atoms with Crippen LogP contribution in [-0.2, 0) is 16.4 Å². The van der Waals surface area contributed by atoms with Crippen LogP contribution in [0.1, 0.15) is 23.0 Å². The number of amides is 1. The molecule has 25 heavy (non-hydrogen) atoms. The summed E-state index contributed by atoms with van der Waals surface area (Å²) in [4.78, 5) is 14.3. The molecule has 0 unspecified atom stereocenters. The summed E-state index contributed by atoms with van der Waals surface area (Å²) in [6.45, 7) is 3.24. The van der Waals surface area contributed by atoms with Gasteiger partial charge in [-0.3, -0.25) is 4.79 Å². The van der Waals surface area contributed by atoms with E-state index in [1.54, 1.807) is 29.2 Å². The van der Waals surface area contributed by atoms with Gasteiger partial charge in [-0.05, 0) is 52.2 Å². The van der Waals surface area contributed by atoms with E-state index in [0.29, 0.717) is 22.7 Å². The predicted octanol–water partition coefficient (Wildman–Crippen LogP) is 2.75. The number of piperazine rings is 1. The predicted molar refractivity (Wildman–Crippen MR) is 96.9 cm³/mol. The van der Waals surface area contributed by atoms with Crippen molar-refractivity contribution in [2.45, 2.75) is 18.2 Å². The average molecular weight is 427 g/mol. The fourth-order valence-corrected chi connectivity index (χ4v) is 4.49. The van der Waals surface area contributed by atoms with Gasteiger partial charge in [-0.25, -0.2) is 8.42 Å². The average Bonchev–Trinajstić information content (AvgIpc) is 3.07. The number of sulfonamides is 1. The SMILES string of the molecule is CCc1ccc(S(=O)(=O)N2CCN(C(=O)c3ccc(Br)o3)CC2)cc1. The van der Waals surface area contributed by atoms with Crippen molar-refractivity contribution in [3.05, 3.63) is 52.4 Å². The molecular formula is C17H19BrN2O4S. The number of rotatable bonds is 4. The molecule has 1 saturated heterocycles. The van der Waals surface area contributed by atoms with E-state index in [9.17, 15) is 13.2 Å². The van der Waals surface area contributed by atoms with Crippen LogP contribution < -0.4 is 0 Å². The molecule has 2 aromatic rings. The highest BCUT2D eigenvalue weighted by Gasteiger charge is 2.31. The van der Waals surface area contributed by atoms with E-state index < -0.39 is 10.0 Å². The van der Waals surface area contributed by atoms with E-state index in [2.05, 4.69) is 15.9 Å². The zero-order chi connectivity index (χ0) is 18.0. The highest BCUT2D eigenvalue weighted by molar-refractivity contribution is 9.10. The molecule has 8 heteroatoms. The fraction of sp³-hybridized carbons (Fsp3) is 0.353. The molecule has 0 aliphatic carbocycles. The maximum atomic E-state index is 12.7. The van der Waals surface area contributed by atoms with Gasteiger partial charge in [0.15, 0.2) is 10.4 Å². The second-order valence-corrected chi connectivity index (χ2v) is 8.52. The van der Waals surface area contributed by atoms with Crippen LogP contribution in [0.15, 0.2) is 50.4 Å². The van der Waals surface area contributed by atoms with Crippen LogP contribution in [0.5, 0.6) is 0 Å². The number of furan rings is 1. The Labute approximate surface area is 155 Å². The Balaban J connectivity index is 1.67. The van der Waals surface area contributed by atoms with E-state index in [1.807, 2.05) is 19.1 Å². The first kappa shape index (κ1) is 18.2. The second-order valence-electron chi connectivity index (χ2n) is 5.80. The molecule has 1 aliphatic heterocycles. The molecule has 0 radical (unpaired) electrons. The molecule has 1 amide bonds. The molecule has 2 heterocycles. The summed E-state index contributed by atoms with van der Waals surface area (Å²) in [5, 5.41) is 0. The molecule has 1 aromatic carbocycles. The third kappa shape index (κ3) is 3.80. The Bertz CT molecular complexity index is 853. The van der Waals surface area contributed by atoms with Crippen LogP contribution >= 0.6 is 15.9 Å². The lowest BCUT2D eigenvalue weighted by Crippen LogP contribution is -2.50. The van der Waals surface area contributed by atoms with Gasteiger partial charge in [0.25, 0.3) is 5.91 Å². The molecular weight excluding hydrogens is 408 g/mol. The normalized spacial score (nSPS) is 16.2. The van der Waals surface area contributed by atoms with Crippen molar-refractivity contribution in [2.75, 3.05) is 26.2 Å². The lowest BCUT2D eigenvalue weighted by atomic mass is 10.2. The minimum Gasteiger partial charge on any atom is -0.444 e. The minimum atomic E-state index is -3.53. The molecule has 0 saturated carbocycles. The fourth-order valence-electron chi connectivity index (χ4n) is 2.76. The second kappa shape index (κ2) is 7.31. The van der Waals surface area contributed by atoms with Gasteiger partial charge in [-0.15, -0.1) is 0 Å². The summed E-state index contributed by atoms with van der Waals surface area (Å²) in [7, 11) is -3.53. The number of halogens is 1. The number of nitrogens with zero attached hydrogens (tertiary/aromatic N) is 2. The Morgan fingerprint density at radius 3 is 2.24 bits per heavy atom. The van der Waals surface area contributed by atoms with Crippen molar-refractivity contribution in [2.24, 2.45) is 0 Å². The highest BCUT2D eigenvalue weighted by Crippen LogP contribution is 2.20. The first-order chi connectivity index (χ1) is 11.9. The van der Waals surface area contributed by atoms with Crippen molar-refractivity contribution < 1.29 is 17.6 Å². The van der Waals surface area contributed by atoms with Crippen molar-refractivity contribution in [1.82, 2.24) is 9.21 Å². The van der Waals surface area contributed by atoms with Crippen molar-refractivity contribution in [1.29, 1.82) is 0 Å². The van der Waals surface area contributed by atoms with Gasteiger partial charge >= 0.3 is 0 Å². The van der Waals surface area contributed by atoms with Crippen LogP contribution in [0.25, 0.3) is 0 Å². The van der Waals surface area contributed by atoms with Gasteiger partial charge in [0.2, 0.25) is 10.0 Å². The monoisotopic (exact) mass is 426 g/mol. The van der Waals surface area contributed by atoms with Crippen LogP contribution in [0.3, 0.4) is 0 Å². The Morgan fingerprint density at radius 2 is 1.72 bits per heavy atom. The first-order valence-corrected chi connectivity index (χ1v) is 10.3. The van der Waals surface area contributed by atoms with E-state index in [1.165, 1.54) is 4.31 Å². The van der Waals surface area contributed by atoms with Crippen molar-refractivity contribution >= 4 is 31.9 Å². The molecule has 3 rings (SSSR count). The zero-order valence-electron chi connectivity index (χ0n) is 13.8. The third-order valence-electron chi connectivity index (χ3n) is 4.28. The first-order valence-electron chi connectivity index (χ1n) is 8.05.